The number of benzene rings is 2. The molecule has 2 aromatic carbocycles. The largest absolute Gasteiger partial charge is 0.508 e. The zero-order valence-corrected chi connectivity index (χ0v) is 17.4. The number of nitrogens with zero attached hydrogens (tertiary/aromatic N) is 1. The highest BCUT2D eigenvalue weighted by molar-refractivity contribution is 5.48. The number of fused-ring (bicyclic) bond motifs is 1. The van der Waals surface area contributed by atoms with E-state index >= 15 is 0 Å². The molecule has 0 amide bonds. The lowest BCUT2D eigenvalue weighted by Crippen LogP contribution is -2.23. The topological polar surface area (TPSA) is 41.9 Å². The Morgan fingerprint density at radius 3 is 2.50 bits per heavy atom. The van der Waals surface area contributed by atoms with Gasteiger partial charge in [-0.15, -0.1) is 0 Å². The van der Waals surface area contributed by atoms with E-state index in [-0.39, 0.29) is 0 Å². The van der Waals surface area contributed by atoms with E-state index in [4.69, 9.17) is 9.47 Å². The van der Waals surface area contributed by atoms with E-state index in [1.54, 1.807) is 20.3 Å². The van der Waals surface area contributed by atoms with Crippen molar-refractivity contribution in [3.8, 4) is 17.2 Å². The van der Waals surface area contributed by atoms with Crippen LogP contribution in [0.5, 0.6) is 17.2 Å². The zero-order valence-electron chi connectivity index (χ0n) is 17.4. The van der Waals surface area contributed by atoms with E-state index in [2.05, 4.69) is 30.1 Å². The van der Waals surface area contributed by atoms with Crippen molar-refractivity contribution < 1.29 is 14.6 Å². The van der Waals surface area contributed by atoms with E-state index in [1.165, 1.54) is 36.0 Å². The van der Waals surface area contributed by atoms with Gasteiger partial charge in [0, 0.05) is 6.54 Å². The molecule has 1 N–H and O–H groups in total. The summed E-state index contributed by atoms with van der Waals surface area (Å²) in [5, 5.41) is 9.57. The van der Waals surface area contributed by atoms with Gasteiger partial charge in [-0.3, -0.25) is 0 Å². The molecule has 28 heavy (non-hydrogen) atoms. The van der Waals surface area contributed by atoms with Crippen molar-refractivity contribution >= 4 is 0 Å². The monoisotopic (exact) mass is 383 g/mol. The maximum atomic E-state index is 9.57. The predicted octanol–water partition coefficient (Wildman–Crippen LogP) is 4.47. The fraction of sp³-hybridized carbons (Fsp3) is 0.500. The highest BCUT2D eigenvalue weighted by Crippen LogP contribution is 2.36. The van der Waals surface area contributed by atoms with Crippen LogP contribution in [0.15, 0.2) is 36.4 Å². The fourth-order valence-electron chi connectivity index (χ4n) is 4.20. The van der Waals surface area contributed by atoms with Gasteiger partial charge >= 0.3 is 0 Å². The molecule has 0 heterocycles. The zero-order chi connectivity index (χ0) is 19.9. The van der Waals surface area contributed by atoms with Crippen LogP contribution in [0.3, 0.4) is 0 Å². The fourth-order valence-corrected chi connectivity index (χ4v) is 4.20. The van der Waals surface area contributed by atoms with Gasteiger partial charge in [-0.05, 0) is 99.0 Å². The molecule has 0 aliphatic heterocycles. The quantitative estimate of drug-likeness (QED) is 0.694. The Balaban J connectivity index is 1.43. The molecular weight excluding hydrogens is 350 g/mol. The minimum Gasteiger partial charge on any atom is -0.508 e. The first-order valence-electron chi connectivity index (χ1n) is 10.3. The minimum atomic E-state index is 0.354. The van der Waals surface area contributed by atoms with Crippen LogP contribution >= 0.6 is 0 Å². The van der Waals surface area contributed by atoms with Crippen LogP contribution in [0.25, 0.3) is 0 Å². The molecule has 0 fully saturated rings. The number of likely N-dealkylation sites (N-methyl/N-ethyl adjacent to an activating group) is 1. The molecule has 0 aromatic heterocycles. The van der Waals surface area contributed by atoms with Crippen molar-refractivity contribution in [2.75, 3.05) is 34.4 Å². The van der Waals surface area contributed by atoms with Gasteiger partial charge in [0.1, 0.15) is 5.75 Å². The number of phenols is 1. The van der Waals surface area contributed by atoms with Crippen LogP contribution < -0.4 is 9.47 Å². The molecular formula is C24H33NO3. The molecule has 4 heteroatoms. The molecule has 2 aromatic rings. The lowest BCUT2D eigenvalue weighted by Gasteiger charge is -2.26. The highest BCUT2D eigenvalue weighted by Gasteiger charge is 2.21. The van der Waals surface area contributed by atoms with Crippen LogP contribution in [0, 0.1) is 5.92 Å². The van der Waals surface area contributed by atoms with E-state index in [0.717, 1.165) is 49.8 Å². The third-order valence-electron chi connectivity index (χ3n) is 5.88. The van der Waals surface area contributed by atoms with E-state index < -0.39 is 0 Å². The Morgan fingerprint density at radius 1 is 1.04 bits per heavy atom. The third-order valence-corrected chi connectivity index (χ3v) is 5.88. The average molecular weight is 384 g/mol. The SMILES string of the molecule is COc1cc2c(cc1OC)CC(CCCN(C)CCc1cccc(O)c1)CC2. The van der Waals surface area contributed by atoms with Crippen molar-refractivity contribution in [3.63, 3.8) is 0 Å². The predicted molar refractivity (Wildman–Crippen MR) is 114 cm³/mol. The van der Waals surface area contributed by atoms with Crippen molar-refractivity contribution in [2.24, 2.45) is 5.92 Å². The summed E-state index contributed by atoms with van der Waals surface area (Å²) in [6, 6.07) is 11.9. The van der Waals surface area contributed by atoms with Gasteiger partial charge in [0.15, 0.2) is 11.5 Å². The van der Waals surface area contributed by atoms with E-state index in [9.17, 15) is 5.11 Å². The average Bonchev–Trinajstić information content (AvgIpc) is 2.71. The maximum Gasteiger partial charge on any atom is 0.161 e. The molecule has 4 nitrogen and oxygen atoms in total. The molecule has 1 aliphatic carbocycles. The lowest BCUT2D eigenvalue weighted by atomic mass is 9.81. The summed E-state index contributed by atoms with van der Waals surface area (Å²) in [4.78, 5) is 2.40. The number of aryl methyl sites for hydroxylation is 1. The Bertz CT molecular complexity index is 774. The molecule has 0 bridgehead atoms. The summed E-state index contributed by atoms with van der Waals surface area (Å²) in [7, 11) is 5.60. The molecule has 1 aliphatic rings. The van der Waals surface area contributed by atoms with Gasteiger partial charge < -0.3 is 19.5 Å². The number of methoxy groups -OCH3 is 2. The number of hydrogen-bond donors (Lipinski definition) is 1. The molecule has 0 saturated carbocycles. The van der Waals surface area contributed by atoms with Gasteiger partial charge in [0.05, 0.1) is 14.2 Å². The Labute approximate surface area is 169 Å². The Kier molecular flexibility index (Phi) is 7.21. The van der Waals surface area contributed by atoms with Crippen LogP contribution in [-0.2, 0) is 19.3 Å². The summed E-state index contributed by atoms with van der Waals surface area (Å²) in [6.45, 7) is 2.14. The second-order valence-corrected chi connectivity index (χ2v) is 7.95. The molecule has 0 saturated heterocycles. The smallest absolute Gasteiger partial charge is 0.161 e. The maximum absolute atomic E-state index is 9.57. The number of phenolic OH excluding ortho intramolecular Hbond substituents is 1. The van der Waals surface area contributed by atoms with Gasteiger partial charge in [-0.2, -0.15) is 0 Å². The Morgan fingerprint density at radius 2 is 1.79 bits per heavy atom. The molecule has 0 spiro atoms. The summed E-state index contributed by atoms with van der Waals surface area (Å²) in [5.41, 5.74) is 4.03. The summed E-state index contributed by atoms with van der Waals surface area (Å²) in [5.74, 6) is 2.79. The van der Waals surface area contributed by atoms with Gasteiger partial charge in [0.25, 0.3) is 0 Å². The van der Waals surface area contributed by atoms with Crippen LogP contribution in [0.2, 0.25) is 0 Å². The minimum absolute atomic E-state index is 0.354. The molecule has 1 unspecified atom stereocenters. The van der Waals surface area contributed by atoms with Crippen molar-refractivity contribution in [1.29, 1.82) is 0 Å². The number of hydrogen-bond acceptors (Lipinski definition) is 4. The van der Waals surface area contributed by atoms with Crippen molar-refractivity contribution in [1.82, 2.24) is 4.90 Å². The van der Waals surface area contributed by atoms with E-state index in [1.807, 2.05) is 12.1 Å². The second-order valence-electron chi connectivity index (χ2n) is 7.95. The number of aromatic hydroxyl groups is 1. The molecule has 152 valence electrons. The van der Waals surface area contributed by atoms with Crippen LogP contribution in [0.1, 0.15) is 36.0 Å². The molecule has 3 rings (SSSR count). The lowest BCUT2D eigenvalue weighted by molar-refractivity contribution is 0.307. The van der Waals surface area contributed by atoms with Crippen LogP contribution in [-0.4, -0.2) is 44.4 Å². The van der Waals surface area contributed by atoms with E-state index in [0.29, 0.717) is 5.75 Å². The molecule has 0 radical (unpaired) electrons. The third kappa shape index (κ3) is 5.41. The first-order valence-corrected chi connectivity index (χ1v) is 10.3. The first-order chi connectivity index (χ1) is 13.6. The van der Waals surface area contributed by atoms with Crippen molar-refractivity contribution in [2.45, 2.75) is 38.5 Å². The highest BCUT2D eigenvalue weighted by atomic mass is 16.5. The molecule has 1 atom stereocenters. The first kappa shape index (κ1) is 20.5. The van der Waals surface area contributed by atoms with Gasteiger partial charge in [0.2, 0.25) is 0 Å². The number of rotatable bonds is 9. The van der Waals surface area contributed by atoms with Gasteiger partial charge in [-0.25, -0.2) is 0 Å². The summed E-state index contributed by atoms with van der Waals surface area (Å²) in [6.07, 6.45) is 7.00. The summed E-state index contributed by atoms with van der Waals surface area (Å²) < 4.78 is 10.9. The van der Waals surface area contributed by atoms with Gasteiger partial charge in [-0.1, -0.05) is 12.1 Å². The second kappa shape index (κ2) is 9.83. The number of ether oxygens (including phenoxy) is 2. The Hall–Kier alpha value is -2.20. The normalized spacial score (nSPS) is 16.1. The van der Waals surface area contributed by atoms with Crippen molar-refractivity contribution in [3.05, 3.63) is 53.1 Å². The van der Waals surface area contributed by atoms with Crippen LogP contribution in [0.4, 0.5) is 0 Å². The standard InChI is InChI=1S/C24H33NO3/c1-25(13-11-19-6-4-8-22(26)15-19)12-5-7-18-9-10-20-16-23(27-2)24(28-3)17-21(20)14-18/h4,6,8,15-18,26H,5,7,9-14H2,1-3H3. The summed E-state index contributed by atoms with van der Waals surface area (Å²) >= 11 is 0.